The number of nitrogens with two attached hydrogens (primary N) is 1. The van der Waals surface area contributed by atoms with Gasteiger partial charge in [0.1, 0.15) is 16.8 Å². The molecule has 1 fully saturated rings. The molecule has 5 N–H and O–H groups in total. The molecule has 0 aromatic carbocycles. The van der Waals surface area contributed by atoms with Crippen molar-refractivity contribution in [3.63, 3.8) is 0 Å². The Morgan fingerprint density at radius 3 is 2.65 bits per heavy atom. The van der Waals surface area contributed by atoms with Gasteiger partial charge in [-0.1, -0.05) is 17.7 Å². The number of imidazole rings is 1. The zero-order valence-electron chi connectivity index (χ0n) is 18.3. The normalized spacial score (nSPS) is 17.9. The minimum Gasteiger partial charge on any atom is -0.366 e. The van der Waals surface area contributed by atoms with Crippen molar-refractivity contribution >= 4 is 46.2 Å². The molecule has 4 aromatic heterocycles. The lowest BCUT2D eigenvalue weighted by Gasteiger charge is -2.27. The van der Waals surface area contributed by atoms with Crippen molar-refractivity contribution in [3.05, 3.63) is 65.8 Å². The van der Waals surface area contributed by atoms with Gasteiger partial charge in [-0.05, 0) is 49.9 Å². The first-order valence-electron chi connectivity index (χ1n) is 11.1. The largest absolute Gasteiger partial charge is 0.366 e. The van der Waals surface area contributed by atoms with Gasteiger partial charge in [0.15, 0.2) is 11.3 Å². The molecule has 4 aromatic rings. The van der Waals surface area contributed by atoms with E-state index in [2.05, 4.69) is 36.0 Å². The summed E-state index contributed by atoms with van der Waals surface area (Å²) in [6, 6.07) is 11.2. The SMILES string of the molecule is N[C@H]1CC[C@H](Nc2cc(Nc3ccccn3)c3ncc(C(=O)Nc4ccnc(Cl)c4)n3n2)CC1. The number of hydrogen-bond acceptors (Lipinski definition) is 8. The minimum absolute atomic E-state index is 0.250. The number of carbonyl (C=O) groups excluding carboxylic acids is 1. The van der Waals surface area contributed by atoms with Gasteiger partial charge in [-0.3, -0.25) is 4.79 Å². The van der Waals surface area contributed by atoms with Crippen LogP contribution in [0.1, 0.15) is 36.2 Å². The lowest BCUT2D eigenvalue weighted by atomic mass is 9.92. The van der Waals surface area contributed by atoms with Gasteiger partial charge in [0.2, 0.25) is 0 Å². The number of nitrogens with one attached hydrogen (secondary N) is 3. The van der Waals surface area contributed by atoms with E-state index in [0.717, 1.165) is 25.7 Å². The van der Waals surface area contributed by atoms with Crippen LogP contribution < -0.4 is 21.7 Å². The summed E-state index contributed by atoms with van der Waals surface area (Å²) in [4.78, 5) is 25.8. The first kappa shape index (κ1) is 22.1. The Hall–Kier alpha value is -3.76. The molecule has 34 heavy (non-hydrogen) atoms. The Bertz CT molecular complexity index is 1300. The lowest BCUT2D eigenvalue weighted by molar-refractivity contribution is 0.102. The smallest absolute Gasteiger partial charge is 0.276 e. The van der Waals surface area contributed by atoms with Crippen LogP contribution in [0.15, 0.2) is 55.0 Å². The molecule has 174 valence electrons. The summed E-state index contributed by atoms with van der Waals surface area (Å²) in [5.74, 6) is 0.919. The third-order valence-corrected chi connectivity index (χ3v) is 5.94. The zero-order valence-corrected chi connectivity index (χ0v) is 19.0. The molecular formula is C23H24ClN9O. The van der Waals surface area contributed by atoms with Crippen LogP contribution in [0.5, 0.6) is 0 Å². The van der Waals surface area contributed by atoms with E-state index in [9.17, 15) is 4.79 Å². The molecule has 0 atom stereocenters. The van der Waals surface area contributed by atoms with Gasteiger partial charge < -0.3 is 21.7 Å². The molecule has 0 spiro atoms. The molecule has 0 unspecified atom stereocenters. The summed E-state index contributed by atoms with van der Waals surface area (Å²) < 4.78 is 1.53. The molecule has 0 aliphatic heterocycles. The van der Waals surface area contributed by atoms with Gasteiger partial charge in [-0.15, -0.1) is 5.10 Å². The third kappa shape index (κ3) is 4.92. The zero-order chi connectivity index (χ0) is 23.5. The van der Waals surface area contributed by atoms with Crippen LogP contribution in [-0.4, -0.2) is 42.6 Å². The number of anilines is 4. The van der Waals surface area contributed by atoms with Gasteiger partial charge in [0.25, 0.3) is 5.91 Å². The fourth-order valence-corrected chi connectivity index (χ4v) is 4.18. The first-order chi connectivity index (χ1) is 16.5. The molecule has 4 heterocycles. The monoisotopic (exact) mass is 477 g/mol. The average molecular weight is 478 g/mol. The van der Waals surface area contributed by atoms with E-state index in [4.69, 9.17) is 17.3 Å². The molecule has 0 radical (unpaired) electrons. The maximum absolute atomic E-state index is 13.1. The number of fused-ring (bicyclic) bond motifs is 1. The van der Waals surface area contributed by atoms with Crippen molar-refractivity contribution in [2.24, 2.45) is 5.73 Å². The number of nitrogens with zero attached hydrogens (tertiary/aromatic N) is 5. The Balaban J connectivity index is 1.49. The maximum Gasteiger partial charge on any atom is 0.276 e. The van der Waals surface area contributed by atoms with E-state index in [1.54, 1.807) is 18.3 Å². The standard InChI is InChI=1S/C23H24ClN9O/c24-19-11-16(8-10-26-19)30-23(34)18-13-28-22-17(31-20-3-1-2-9-27-20)12-21(32-33(18)22)29-15-6-4-14(25)5-7-15/h1-3,8-15H,4-7,25H2,(H,27,31)(H,29,32)(H,26,30,34)/t14-,15-. The van der Waals surface area contributed by atoms with Crippen LogP contribution >= 0.6 is 11.6 Å². The quantitative estimate of drug-likeness (QED) is 0.307. The summed E-state index contributed by atoms with van der Waals surface area (Å²) in [7, 11) is 0. The van der Waals surface area contributed by atoms with Gasteiger partial charge in [0, 0.05) is 36.2 Å². The summed E-state index contributed by atoms with van der Waals surface area (Å²) in [6.07, 6.45) is 8.58. The number of carbonyl (C=O) groups is 1. The van der Waals surface area contributed by atoms with Crippen molar-refractivity contribution in [2.45, 2.75) is 37.8 Å². The van der Waals surface area contributed by atoms with E-state index < -0.39 is 0 Å². The molecule has 5 rings (SSSR count). The van der Waals surface area contributed by atoms with Gasteiger partial charge in [-0.25, -0.2) is 19.5 Å². The third-order valence-electron chi connectivity index (χ3n) is 5.74. The topological polar surface area (TPSA) is 135 Å². The van der Waals surface area contributed by atoms with Crippen molar-refractivity contribution in [3.8, 4) is 0 Å². The summed E-state index contributed by atoms with van der Waals surface area (Å²) in [6.45, 7) is 0. The second-order valence-corrected chi connectivity index (χ2v) is 8.63. The number of pyridine rings is 2. The number of amides is 1. The lowest BCUT2D eigenvalue weighted by Crippen LogP contribution is -2.33. The van der Waals surface area contributed by atoms with E-state index in [-0.39, 0.29) is 28.8 Å². The molecule has 1 aliphatic rings. The van der Waals surface area contributed by atoms with Crippen molar-refractivity contribution in [1.82, 2.24) is 24.6 Å². The highest BCUT2D eigenvalue weighted by molar-refractivity contribution is 6.29. The minimum atomic E-state index is -0.369. The van der Waals surface area contributed by atoms with Gasteiger partial charge in [0.05, 0.1) is 11.9 Å². The second kappa shape index (κ2) is 9.62. The van der Waals surface area contributed by atoms with Crippen LogP contribution in [0.4, 0.5) is 23.0 Å². The van der Waals surface area contributed by atoms with E-state index in [1.807, 2.05) is 24.3 Å². The molecule has 0 bridgehead atoms. The maximum atomic E-state index is 13.1. The van der Waals surface area contributed by atoms with Crippen LogP contribution in [0.3, 0.4) is 0 Å². The predicted molar refractivity (Wildman–Crippen MR) is 132 cm³/mol. The summed E-state index contributed by atoms with van der Waals surface area (Å²) in [5.41, 5.74) is 8.04. The number of aromatic nitrogens is 5. The van der Waals surface area contributed by atoms with Crippen LogP contribution in [-0.2, 0) is 0 Å². The predicted octanol–water partition coefficient (Wildman–Crippen LogP) is 3.85. The van der Waals surface area contributed by atoms with Crippen molar-refractivity contribution < 1.29 is 4.79 Å². The number of rotatable bonds is 6. The first-order valence-corrected chi connectivity index (χ1v) is 11.4. The van der Waals surface area contributed by atoms with Crippen molar-refractivity contribution in [2.75, 3.05) is 16.0 Å². The summed E-state index contributed by atoms with van der Waals surface area (Å²) >= 11 is 5.95. The highest BCUT2D eigenvalue weighted by Crippen LogP contribution is 2.26. The average Bonchev–Trinajstić information content (AvgIpc) is 3.26. The van der Waals surface area contributed by atoms with Crippen LogP contribution in [0, 0.1) is 0 Å². The molecule has 11 heteroatoms. The highest BCUT2D eigenvalue weighted by Gasteiger charge is 2.21. The molecule has 1 amide bonds. The van der Waals surface area contributed by atoms with Crippen LogP contribution in [0.2, 0.25) is 5.15 Å². The molecule has 0 saturated heterocycles. The summed E-state index contributed by atoms with van der Waals surface area (Å²) in [5, 5.41) is 14.6. The van der Waals surface area contributed by atoms with E-state index in [0.29, 0.717) is 28.7 Å². The van der Waals surface area contributed by atoms with E-state index in [1.165, 1.54) is 16.9 Å². The Labute approximate surface area is 201 Å². The van der Waals surface area contributed by atoms with Crippen LogP contribution in [0.25, 0.3) is 5.65 Å². The van der Waals surface area contributed by atoms with Gasteiger partial charge in [-0.2, -0.15) is 0 Å². The highest BCUT2D eigenvalue weighted by atomic mass is 35.5. The molecule has 1 aliphatic carbocycles. The molecular weight excluding hydrogens is 454 g/mol. The fourth-order valence-electron chi connectivity index (χ4n) is 4.01. The number of halogens is 1. The Kier molecular flexibility index (Phi) is 6.24. The van der Waals surface area contributed by atoms with Crippen molar-refractivity contribution in [1.29, 1.82) is 0 Å². The Morgan fingerprint density at radius 1 is 1.03 bits per heavy atom. The molecule has 10 nitrogen and oxygen atoms in total. The number of hydrogen-bond donors (Lipinski definition) is 4. The second-order valence-electron chi connectivity index (χ2n) is 8.24. The Morgan fingerprint density at radius 2 is 1.88 bits per heavy atom. The van der Waals surface area contributed by atoms with Gasteiger partial charge >= 0.3 is 0 Å². The fraction of sp³-hybridized carbons (Fsp3) is 0.261. The molecule has 1 saturated carbocycles. The van der Waals surface area contributed by atoms with E-state index >= 15 is 0 Å².